The summed E-state index contributed by atoms with van der Waals surface area (Å²) in [5.74, 6) is 0.850. The smallest absolute Gasteiger partial charge is 0.341 e. The van der Waals surface area contributed by atoms with Crippen molar-refractivity contribution in [3.8, 4) is 0 Å². The predicted molar refractivity (Wildman–Crippen MR) is 106 cm³/mol. The van der Waals surface area contributed by atoms with E-state index in [0.717, 1.165) is 16.7 Å². The minimum absolute atomic E-state index is 0.850. The number of fused-ring (bicyclic) bond motifs is 1. The third-order valence-electron chi connectivity index (χ3n) is 3.01. The van der Waals surface area contributed by atoms with Crippen LogP contribution in [0.25, 0.3) is 17.0 Å². The average molecular weight is 365 g/mol. The van der Waals surface area contributed by atoms with Crippen molar-refractivity contribution in [1.82, 2.24) is 0 Å². The molecule has 0 saturated heterocycles. The largest absolute Gasteiger partial charge is 0.457 e. The van der Waals surface area contributed by atoms with E-state index < -0.39 is 25.2 Å². The lowest BCUT2D eigenvalue weighted by Gasteiger charge is -2.36. The van der Waals surface area contributed by atoms with Gasteiger partial charge in [0.2, 0.25) is 0 Å². The summed E-state index contributed by atoms with van der Waals surface area (Å²) in [4.78, 5) is 0. The van der Waals surface area contributed by atoms with Crippen LogP contribution in [0.3, 0.4) is 0 Å². The molecule has 0 amide bonds. The summed E-state index contributed by atoms with van der Waals surface area (Å²) in [6, 6.07) is 10.1. The fourth-order valence-electron chi connectivity index (χ4n) is 2.62. The fraction of sp³-hybridized carbons (Fsp3) is 0.412. The van der Waals surface area contributed by atoms with Crippen molar-refractivity contribution in [2.75, 3.05) is 0 Å². The average Bonchev–Trinajstić information content (AvgIpc) is 2.74. The number of rotatable bonds is 6. The van der Waals surface area contributed by atoms with Gasteiger partial charge in [-0.25, -0.2) is 0 Å². The normalized spacial score (nSPS) is 14.0. The first-order valence-electron chi connectivity index (χ1n) is 8.04. The van der Waals surface area contributed by atoms with E-state index in [0.29, 0.717) is 0 Å². The van der Waals surface area contributed by atoms with E-state index in [-0.39, 0.29) is 0 Å². The third-order valence-corrected chi connectivity index (χ3v) is 11.9. The lowest BCUT2D eigenvalue weighted by Crippen LogP contribution is -2.51. The zero-order valence-electron chi connectivity index (χ0n) is 15.3. The minimum atomic E-state index is -2.37. The molecule has 0 radical (unpaired) electrons. The van der Waals surface area contributed by atoms with Gasteiger partial charge in [-0.3, -0.25) is 0 Å². The van der Waals surface area contributed by atoms with Crippen LogP contribution in [0.1, 0.15) is 5.76 Å². The minimum Gasteiger partial charge on any atom is -0.457 e. The van der Waals surface area contributed by atoms with Crippen molar-refractivity contribution < 1.29 is 12.6 Å². The monoisotopic (exact) mass is 364 g/mol. The highest BCUT2D eigenvalue weighted by Gasteiger charge is 2.38. The Labute approximate surface area is 142 Å². The van der Waals surface area contributed by atoms with E-state index in [4.69, 9.17) is 12.6 Å². The van der Waals surface area contributed by atoms with Crippen molar-refractivity contribution in [1.29, 1.82) is 0 Å². The molecule has 1 aromatic heterocycles. The van der Waals surface area contributed by atoms with Gasteiger partial charge in [-0.15, -0.1) is 0 Å². The van der Waals surface area contributed by atoms with E-state index in [2.05, 4.69) is 63.7 Å². The summed E-state index contributed by atoms with van der Waals surface area (Å²) >= 11 is 0. The van der Waals surface area contributed by atoms with Gasteiger partial charge in [0.25, 0.3) is 0 Å². The van der Waals surface area contributed by atoms with Crippen molar-refractivity contribution in [2.24, 2.45) is 0 Å². The second kappa shape index (κ2) is 6.52. The molecule has 126 valence electrons. The lowest BCUT2D eigenvalue weighted by atomic mass is 10.2. The molecule has 6 heteroatoms. The molecule has 23 heavy (non-hydrogen) atoms. The number of benzene rings is 1. The summed E-state index contributed by atoms with van der Waals surface area (Å²) < 4.78 is 18.8. The maximum atomic E-state index is 6.46. The molecule has 1 aromatic carbocycles. The van der Waals surface area contributed by atoms with Crippen molar-refractivity contribution in [3.63, 3.8) is 0 Å². The number of para-hydroxylation sites is 1. The molecular weight excluding hydrogens is 336 g/mol. The van der Waals surface area contributed by atoms with Gasteiger partial charge in [0, 0.05) is 5.39 Å². The summed E-state index contributed by atoms with van der Waals surface area (Å²) in [5, 5.41) is 1.12. The van der Waals surface area contributed by atoms with Crippen LogP contribution >= 0.6 is 0 Å². The van der Waals surface area contributed by atoms with Gasteiger partial charge in [-0.05, 0) is 69.7 Å². The van der Waals surface area contributed by atoms with Crippen LogP contribution < -0.4 is 0 Å². The molecule has 2 aromatic rings. The van der Waals surface area contributed by atoms with E-state index in [1.54, 1.807) is 0 Å². The van der Waals surface area contributed by atoms with Crippen molar-refractivity contribution >= 4 is 42.2 Å². The SMILES string of the molecule is C[Si](C)(C)O[Si](C)(/C=C\c1cc2ccccc2o1)O[Si](C)(C)C. The van der Waals surface area contributed by atoms with E-state index >= 15 is 0 Å². The van der Waals surface area contributed by atoms with Crippen molar-refractivity contribution in [2.45, 2.75) is 45.8 Å². The fourth-order valence-corrected chi connectivity index (χ4v) is 13.9. The standard InChI is InChI=1S/C17H28O3Si3/c1-21(2,3)19-23(7,20-22(4,5)6)13-12-16-14-15-10-8-9-11-17(15)18-16/h8-14H,1-7H3/b13-12-. The Bertz CT molecular complexity index is 644. The highest BCUT2D eigenvalue weighted by molar-refractivity contribution is 6.90. The summed E-state index contributed by atoms with van der Waals surface area (Å²) in [6.07, 6.45) is 2.02. The molecule has 3 nitrogen and oxygen atoms in total. The molecule has 0 N–H and O–H groups in total. The first-order valence-corrected chi connectivity index (χ1v) is 17.3. The van der Waals surface area contributed by atoms with E-state index in [1.807, 2.05) is 24.3 Å². The van der Waals surface area contributed by atoms with Crippen LogP contribution in [-0.4, -0.2) is 25.2 Å². The summed E-state index contributed by atoms with van der Waals surface area (Å²) in [5.41, 5.74) is 3.04. The Morgan fingerprint density at radius 2 is 1.43 bits per heavy atom. The molecule has 0 spiro atoms. The molecule has 0 atom stereocenters. The van der Waals surface area contributed by atoms with Gasteiger partial charge in [-0.2, -0.15) is 0 Å². The second-order valence-corrected chi connectivity index (χ2v) is 20.4. The zero-order chi connectivity index (χ0) is 17.3. The molecule has 0 fully saturated rings. The van der Waals surface area contributed by atoms with Gasteiger partial charge in [0.15, 0.2) is 16.6 Å². The van der Waals surface area contributed by atoms with Crippen LogP contribution in [0.4, 0.5) is 0 Å². The molecule has 0 aliphatic heterocycles. The van der Waals surface area contributed by atoms with Gasteiger partial charge >= 0.3 is 8.56 Å². The van der Waals surface area contributed by atoms with Crippen molar-refractivity contribution in [3.05, 3.63) is 41.8 Å². The first-order chi connectivity index (χ1) is 10.5. The summed E-state index contributed by atoms with van der Waals surface area (Å²) in [6.45, 7) is 15.4. The Hall–Kier alpha value is -0.929. The molecule has 0 aliphatic rings. The predicted octanol–water partition coefficient (Wildman–Crippen LogP) is 5.76. The lowest BCUT2D eigenvalue weighted by molar-refractivity contribution is 0.403. The maximum Gasteiger partial charge on any atom is 0.341 e. The molecule has 0 unspecified atom stereocenters. The van der Waals surface area contributed by atoms with E-state index in [9.17, 15) is 0 Å². The summed E-state index contributed by atoms with van der Waals surface area (Å²) in [7, 11) is -5.74. The quantitative estimate of drug-likeness (QED) is 0.611. The maximum absolute atomic E-state index is 6.46. The topological polar surface area (TPSA) is 31.6 Å². The molecule has 0 aliphatic carbocycles. The van der Waals surface area contributed by atoms with Gasteiger partial charge in [0.1, 0.15) is 11.3 Å². The van der Waals surface area contributed by atoms with Crippen LogP contribution in [0, 0.1) is 0 Å². The van der Waals surface area contributed by atoms with Gasteiger partial charge < -0.3 is 12.6 Å². The van der Waals surface area contributed by atoms with Gasteiger partial charge in [-0.1, -0.05) is 18.2 Å². The molecule has 0 saturated carbocycles. The Morgan fingerprint density at radius 3 is 1.96 bits per heavy atom. The van der Waals surface area contributed by atoms with Crippen LogP contribution in [-0.2, 0) is 8.23 Å². The third kappa shape index (κ3) is 5.89. The number of furan rings is 1. The van der Waals surface area contributed by atoms with Gasteiger partial charge in [0.05, 0.1) is 0 Å². The molecule has 2 rings (SSSR count). The molecule has 1 heterocycles. The zero-order valence-corrected chi connectivity index (χ0v) is 18.3. The second-order valence-electron chi connectivity index (χ2n) is 7.96. The first kappa shape index (κ1) is 18.4. The van der Waals surface area contributed by atoms with Crippen LogP contribution in [0.2, 0.25) is 45.8 Å². The van der Waals surface area contributed by atoms with Crippen LogP contribution in [0.5, 0.6) is 0 Å². The Kier molecular flexibility index (Phi) is 5.22. The molecular formula is C17H28O3Si3. The Morgan fingerprint density at radius 1 is 0.870 bits per heavy atom. The highest BCUT2D eigenvalue weighted by atomic mass is 28.5. The molecule has 0 bridgehead atoms. The number of hydrogen-bond donors (Lipinski definition) is 0. The van der Waals surface area contributed by atoms with E-state index in [1.165, 1.54) is 0 Å². The highest BCUT2D eigenvalue weighted by Crippen LogP contribution is 2.24. The van der Waals surface area contributed by atoms with Crippen LogP contribution in [0.15, 0.2) is 40.4 Å². The number of hydrogen-bond acceptors (Lipinski definition) is 3. The Balaban J connectivity index is 2.28.